The molecule has 2 aromatic rings. The van der Waals surface area contributed by atoms with Gasteiger partial charge in [0.05, 0.1) is 4.88 Å². The molecule has 0 unspecified atom stereocenters. The lowest BCUT2D eigenvalue weighted by Crippen LogP contribution is -2.31. The third-order valence-corrected chi connectivity index (χ3v) is 4.33. The summed E-state index contributed by atoms with van der Waals surface area (Å²) in [5.41, 5.74) is 3.38. The molecule has 0 saturated heterocycles. The molecule has 1 N–H and O–H groups in total. The van der Waals surface area contributed by atoms with Crippen molar-refractivity contribution in [1.82, 2.24) is 5.32 Å². The second-order valence-electron chi connectivity index (χ2n) is 5.52. The summed E-state index contributed by atoms with van der Waals surface area (Å²) in [6.45, 7) is 5.07. The topological polar surface area (TPSA) is 72.5 Å². The molecule has 0 aliphatic carbocycles. The molecule has 0 aliphatic rings. The first-order valence-corrected chi connectivity index (χ1v) is 8.35. The van der Waals surface area contributed by atoms with Gasteiger partial charge in [-0.15, -0.1) is 11.3 Å². The molecule has 1 amide bonds. The first kappa shape index (κ1) is 17.9. The monoisotopic (exact) mass is 345 g/mol. The Hall–Kier alpha value is -2.47. The molecule has 0 aliphatic heterocycles. The lowest BCUT2D eigenvalue weighted by molar-refractivity contribution is -0.141. The Morgan fingerprint density at radius 1 is 1.12 bits per heavy atom. The van der Waals surface area contributed by atoms with Gasteiger partial charge in [0.2, 0.25) is 5.78 Å². The van der Waals surface area contributed by atoms with Crippen LogP contribution in [-0.2, 0) is 9.53 Å². The number of nitrogens with one attached hydrogen (secondary N) is 1. The van der Waals surface area contributed by atoms with Crippen molar-refractivity contribution in [3.8, 4) is 0 Å². The van der Waals surface area contributed by atoms with Crippen LogP contribution in [-0.4, -0.2) is 30.8 Å². The molecule has 0 spiro atoms. The predicted octanol–water partition coefficient (Wildman–Crippen LogP) is 2.83. The van der Waals surface area contributed by atoms with Gasteiger partial charge >= 0.3 is 5.97 Å². The number of carbonyl (C=O) groups is 3. The summed E-state index contributed by atoms with van der Waals surface area (Å²) in [6, 6.07) is 7.26. The van der Waals surface area contributed by atoms with Crippen LogP contribution in [0.4, 0.5) is 0 Å². The SMILES string of the molecule is Cc1cc(C)c(C(=O)COC(=O)CNC(=O)c2cccs2)c(C)c1. The van der Waals surface area contributed by atoms with Crippen molar-refractivity contribution in [2.24, 2.45) is 0 Å². The number of Topliss-reactive ketones (excluding diaryl/α,β-unsaturated/α-hetero) is 1. The minimum absolute atomic E-state index is 0.247. The number of carbonyl (C=O) groups excluding carboxylic acids is 3. The average molecular weight is 345 g/mol. The lowest BCUT2D eigenvalue weighted by Gasteiger charge is -2.11. The normalized spacial score (nSPS) is 10.3. The highest BCUT2D eigenvalue weighted by molar-refractivity contribution is 7.12. The molecule has 1 aromatic carbocycles. The summed E-state index contributed by atoms with van der Waals surface area (Å²) >= 11 is 1.28. The van der Waals surface area contributed by atoms with Crippen LogP contribution < -0.4 is 5.32 Å². The maximum atomic E-state index is 12.3. The van der Waals surface area contributed by atoms with Crippen molar-refractivity contribution < 1.29 is 19.1 Å². The molecule has 126 valence electrons. The van der Waals surface area contributed by atoms with E-state index in [4.69, 9.17) is 4.74 Å². The van der Waals surface area contributed by atoms with E-state index < -0.39 is 5.97 Å². The Kier molecular flexibility index (Phi) is 5.87. The number of amides is 1. The second kappa shape index (κ2) is 7.88. The van der Waals surface area contributed by atoms with Crippen molar-refractivity contribution in [3.05, 3.63) is 56.8 Å². The van der Waals surface area contributed by atoms with E-state index in [1.807, 2.05) is 32.9 Å². The Bertz CT molecular complexity index is 742. The third-order valence-electron chi connectivity index (χ3n) is 3.46. The molecule has 5 nitrogen and oxygen atoms in total. The van der Waals surface area contributed by atoms with Gasteiger partial charge in [-0.25, -0.2) is 0 Å². The number of rotatable bonds is 6. The van der Waals surface area contributed by atoms with Crippen LogP contribution in [0.1, 0.15) is 36.7 Å². The highest BCUT2D eigenvalue weighted by Crippen LogP contribution is 2.17. The molecule has 2 rings (SSSR count). The Balaban J connectivity index is 1.86. The summed E-state index contributed by atoms with van der Waals surface area (Å²) in [5.74, 6) is -1.22. The minimum Gasteiger partial charge on any atom is -0.456 e. The van der Waals surface area contributed by atoms with E-state index in [0.29, 0.717) is 10.4 Å². The highest BCUT2D eigenvalue weighted by atomic mass is 32.1. The number of ether oxygens (including phenoxy) is 1. The summed E-state index contributed by atoms with van der Waals surface area (Å²) in [6.07, 6.45) is 0. The van der Waals surface area contributed by atoms with Crippen molar-refractivity contribution in [3.63, 3.8) is 0 Å². The van der Waals surface area contributed by atoms with Gasteiger partial charge in [0.15, 0.2) is 6.61 Å². The van der Waals surface area contributed by atoms with Crippen LogP contribution in [0.3, 0.4) is 0 Å². The molecule has 0 atom stereocenters. The Morgan fingerprint density at radius 2 is 1.79 bits per heavy atom. The van der Waals surface area contributed by atoms with Crippen LogP contribution in [0.2, 0.25) is 0 Å². The molecule has 0 radical (unpaired) electrons. The zero-order valence-electron chi connectivity index (χ0n) is 13.8. The molecule has 0 saturated carbocycles. The maximum absolute atomic E-state index is 12.3. The Morgan fingerprint density at radius 3 is 2.38 bits per heavy atom. The molecular weight excluding hydrogens is 326 g/mol. The molecule has 6 heteroatoms. The van der Waals surface area contributed by atoms with E-state index in [0.717, 1.165) is 16.7 Å². The lowest BCUT2D eigenvalue weighted by atomic mass is 9.97. The standard InChI is InChI=1S/C18H19NO4S/c1-11-7-12(2)17(13(3)8-11)14(20)10-23-16(21)9-19-18(22)15-5-4-6-24-15/h4-8H,9-10H2,1-3H3,(H,19,22). The van der Waals surface area contributed by atoms with Gasteiger partial charge in [-0.3, -0.25) is 14.4 Å². The summed E-state index contributed by atoms with van der Waals surface area (Å²) in [5, 5.41) is 4.24. The van der Waals surface area contributed by atoms with E-state index in [-0.39, 0.29) is 24.8 Å². The summed E-state index contributed by atoms with van der Waals surface area (Å²) in [7, 11) is 0. The minimum atomic E-state index is -0.643. The molecule has 0 bridgehead atoms. The van der Waals surface area contributed by atoms with E-state index in [1.165, 1.54) is 11.3 Å². The number of hydrogen-bond acceptors (Lipinski definition) is 5. The summed E-state index contributed by atoms with van der Waals surface area (Å²) in [4.78, 5) is 36.2. The smallest absolute Gasteiger partial charge is 0.325 e. The van der Waals surface area contributed by atoms with Gasteiger partial charge in [0.1, 0.15) is 6.54 Å². The number of hydrogen-bond donors (Lipinski definition) is 1. The predicted molar refractivity (Wildman–Crippen MR) is 92.6 cm³/mol. The molecule has 1 heterocycles. The number of aryl methyl sites for hydroxylation is 3. The highest BCUT2D eigenvalue weighted by Gasteiger charge is 2.16. The summed E-state index contributed by atoms with van der Waals surface area (Å²) < 4.78 is 4.97. The van der Waals surface area contributed by atoms with Crippen molar-refractivity contribution >= 4 is 29.0 Å². The number of thiophene rings is 1. The molecule has 1 aromatic heterocycles. The van der Waals surface area contributed by atoms with Crippen LogP contribution >= 0.6 is 11.3 Å². The Labute approximate surface area is 144 Å². The average Bonchev–Trinajstić information content (AvgIpc) is 3.04. The van der Waals surface area contributed by atoms with E-state index in [1.54, 1.807) is 17.5 Å². The first-order chi connectivity index (χ1) is 11.4. The number of ketones is 1. The van der Waals surface area contributed by atoms with E-state index >= 15 is 0 Å². The van der Waals surface area contributed by atoms with Crippen LogP contribution in [0.25, 0.3) is 0 Å². The van der Waals surface area contributed by atoms with Crippen molar-refractivity contribution in [2.45, 2.75) is 20.8 Å². The second-order valence-corrected chi connectivity index (χ2v) is 6.47. The zero-order chi connectivity index (χ0) is 17.7. The first-order valence-electron chi connectivity index (χ1n) is 7.47. The fourth-order valence-electron chi connectivity index (χ4n) is 2.54. The molecule has 24 heavy (non-hydrogen) atoms. The zero-order valence-corrected chi connectivity index (χ0v) is 14.7. The molecular formula is C18H19NO4S. The van der Waals surface area contributed by atoms with E-state index in [2.05, 4.69) is 5.32 Å². The van der Waals surface area contributed by atoms with Gasteiger partial charge in [0.25, 0.3) is 5.91 Å². The van der Waals surface area contributed by atoms with Gasteiger partial charge in [-0.05, 0) is 43.3 Å². The quantitative estimate of drug-likeness (QED) is 0.645. The third kappa shape index (κ3) is 4.52. The number of esters is 1. The van der Waals surface area contributed by atoms with Crippen molar-refractivity contribution in [1.29, 1.82) is 0 Å². The van der Waals surface area contributed by atoms with Crippen LogP contribution in [0.15, 0.2) is 29.6 Å². The maximum Gasteiger partial charge on any atom is 0.325 e. The van der Waals surface area contributed by atoms with Gasteiger partial charge in [-0.1, -0.05) is 23.8 Å². The fraction of sp³-hybridized carbons (Fsp3) is 0.278. The van der Waals surface area contributed by atoms with Crippen molar-refractivity contribution in [2.75, 3.05) is 13.2 Å². The largest absolute Gasteiger partial charge is 0.456 e. The fourth-order valence-corrected chi connectivity index (χ4v) is 3.18. The van der Waals surface area contributed by atoms with Crippen LogP contribution in [0, 0.1) is 20.8 Å². The van der Waals surface area contributed by atoms with Crippen LogP contribution in [0.5, 0.6) is 0 Å². The van der Waals surface area contributed by atoms with Gasteiger partial charge < -0.3 is 10.1 Å². The van der Waals surface area contributed by atoms with Gasteiger partial charge in [0, 0.05) is 5.56 Å². The van der Waals surface area contributed by atoms with Gasteiger partial charge in [-0.2, -0.15) is 0 Å². The molecule has 0 fully saturated rings. The number of benzene rings is 1. The van der Waals surface area contributed by atoms with E-state index in [9.17, 15) is 14.4 Å².